The zero-order chi connectivity index (χ0) is 14.5. The second-order valence-corrected chi connectivity index (χ2v) is 6.65. The number of rotatable bonds is 8. The van der Waals surface area contributed by atoms with Gasteiger partial charge in [0.1, 0.15) is 0 Å². The number of hydrogen-bond acceptors (Lipinski definition) is 2. The molecule has 0 saturated heterocycles. The maximum atomic E-state index is 3.50. The van der Waals surface area contributed by atoms with Crippen LogP contribution in [0.25, 0.3) is 0 Å². The van der Waals surface area contributed by atoms with Gasteiger partial charge in [-0.1, -0.05) is 37.3 Å². The van der Waals surface area contributed by atoms with Gasteiger partial charge in [0.25, 0.3) is 0 Å². The van der Waals surface area contributed by atoms with Gasteiger partial charge in [0.15, 0.2) is 0 Å². The van der Waals surface area contributed by atoms with Crippen molar-refractivity contribution in [2.45, 2.75) is 45.7 Å². The van der Waals surface area contributed by atoms with Crippen LogP contribution in [0.5, 0.6) is 0 Å². The van der Waals surface area contributed by atoms with Crippen LogP contribution in [0.3, 0.4) is 0 Å². The molecule has 1 N–H and O–H groups in total. The molecule has 1 aromatic rings. The van der Waals surface area contributed by atoms with Gasteiger partial charge in [0, 0.05) is 25.2 Å². The topological polar surface area (TPSA) is 15.3 Å². The van der Waals surface area contributed by atoms with Crippen LogP contribution in [0, 0.1) is 11.8 Å². The van der Waals surface area contributed by atoms with E-state index in [2.05, 4.69) is 68.4 Å². The quantitative estimate of drug-likeness (QED) is 0.777. The van der Waals surface area contributed by atoms with Gasteiger partial charge in [-0.25, -0.2) is 0 Å². The molecule has 1 saturated carbocycles. The largest absolute Gasteiger partial charge is 0.313 e. The van der Waals surface area contributed by atoms with Gasteiger partial charge in [0.2, 0.25) is 0 Å². The summed E-state index contributed by atoms with van der Waals surface area (Å²) in [5.41, 5.74) is 1.40. The summed E-state index contributed by atoms with van der Waals surface area (Å²) >= 11 is 0. The van der Waals surface area contributed by atoms with Gasteiger partial charge >= 0.3 is 0 Å². The van der Waals surface area contributed by atoms with E-state index in [1.165, 1.54) is 31.5 Å². The molecule has 1 aliphatic carbocycles. The SMILES string of the molecule is CNC(c1ccccc1)C(C)CN(CC1CC1)C(C)C. The number of nitrogens with zero attached hydrogens (tertiary/aromatic N) is 1. The Balaban J connectivity index is 1.98. The van der Waals surface area contributed by atoms with Crippen LogP contribution in [-0.4, -0.2) is 31.1 Å². The highest BCUT2D eigenvalue weighted by Crippen LogP contribution is 2.31. The highest BCUT2D eigenvalue weighted by atomic mass is 15.2. The average molecular weight is 274 g/mol. The van der Waals surface area contributed by atoms with E-state index < -0.39 is 0 Å². The summed E-state index contributed by atoms with van der Waals surface area (Å²) in [4.78, 5) is 2.66. The van der Waals surface area contributed by atoms with E-state index in [1.807, 2.05) is 0 Å². The zero-order valence-corrected chi connectivity index (χ0v) is 13.5. The maximum absolute atomic E-state index is 3.50. The summed E-state index contributed by atoms with van der Waals surface area (Å²) < 4.78 is 0. The maximum Gasteiger partial charge on any atom is 0.0355 e. The van der Waals surface area contributed by atoms with Crippen LogP contribution in [0.2, 0.25) is 0 Å². The number of benzene rings is 1. The molecule has 1 aliphatic rings. The van der Waals surface area contributed by atoms with Gasteiger partial charge in [-0.3, -0.25) is 0 Å². The van der Waals surface area contributed by atoms with Crippen molar-refractivity contribution in [2.24, 2.45) is 11.8 Å². The van der Waals surface area contributed by atoms with E-state index in [4.69, 9.17) is 0 Å². The lowest BCUT2D eigenvalue weighted by molar-refractivity contribution is 0.168. The minimum Gasteiger partial charge on any atom is -0.313 e. The van der Waals surface area contributed by atoms with Crippen molar-refractivity contribution < 1.29 is 0 Å². The predicted molar refractivity (Wildman–Crippen MR) is 86.8 cm³/mol. The summed E-state index contributed by atoms with van der Waals surface area (Å²) in [6.07, 6.45) is 2.87. The Hall–Kier alpha value is -0.860. The van der Waals surface area contributed by atoms with Crippen molar-refractivity contribution in [3.8, 4) is 0 Å². The molecule has 0 aromatic heterocycles. The van der Waals surface area contributed by atoms with E-state index >= 15 is 0 Å². The number of nitrogens with one attached hydrogen (secondary N) is 1. The summed E-state index contributed by atoms with van der Waals surface area (Å²) in [5, 5.41) is 3.50. The van der Waals surface area contributed by atoms with E-state index in [1.54, 1.807) is 0 Å². The summed E-state index contributed by atoms with van der Waals surface area (Å²) in [5.74, 6) is 1.58. The second kappa shape index (κ2) is 7.24. The standard InChI is InChI=1S/C18H30N2/c1-14(2)20(13-16-10-11-16)12-15(3)18(19-4)17-8-6-5-7-9-17/h5-9,14-16,18-19H,10-13H2,1-4H3. The molecule has 0 spiro atoms. The van der Waals surface area contributed by atoms with Gasteiger partial charge in [0.05, 0.1) is 0 Å². The molecular weight excluding hydrogens is 244 g/mol. The minimum atomic E-state index is 0.441. The monoisotopic (exact) mass is 274 g/mol. The third-order valence-electron chi connectivity index (χ3n) is 4.48. The first-order valence-electron chi connectivity index (χ1n) is 8.08. The molecular formula is C18H30N2. The van der Waals surface area contributed by atoms with Crippen molar-refractivity contribution in [1.29, 1.82) is 0 Å². The minimum absolute atomic E-state index is 0.441. The van der Waals surface area contributed by atoms with E-state index in [0.29, 0.717) is 18.0 Å². The van der Waals surface area contributed by atoms with Crippen LogP contribution < -0.4 is 5.32 Å². The molecule has 2 nitrogen and oxygen atoms in total. The van der Waals surface area contributed by atoms with Crippen LogP contribution in [0.15, 0.2) is 30.3 Å². The molecule has 1 fully saturated rings. The molecule has 0 radical (unpaired) electrons. The molecule has 2 atom stereocenters. The Bertz CT molecular complexity index is 384. The van der Waals surface area contributed by atoms with Crippen molar-refractivity contribution in [3.05, 3.63) is 35.9 Å². The highest BCUT2D eigenvalue weighted by Gasteiger charge is 2.27. The van der Waals surface area contributed by atoms with E-state index in [-0.39, 0.29) is 0 Å². The fourth-order valence-corrected chi connectivity index (χ4v) is 3.04. The lowest BCUT2D eigenvalue weighted by atomic mass is 9.93. The van der Waals surface area contributed by atoms with Gasteiger partial charge in [-0.15, -0.1) is 0 Å². The Kier molecular flexibility index (Phi) is 5.62. The third-order valence-corrected chi connectivity index (χ3v) is 4.48. The fraction of sp³-hybridized carbons (Fsp3) is 0.667. The number of hydrogen-bond donors (Lipinski definition) is 1. The van der Waals surface area contributed by atoms with Crippen molar-refractivity contribution in [3.63, 3.8) is 0 Å². The molecule has 0 heterocycles. The van der Waals surface area contributed by atoms with Crippen molar-refractivity contribution in [2.75, 3.05) is 20.1 Å². The van der Waals surface area contributed by atoms with Gasteiger partial charge < -0.3 is 10.2 Å². The Morgan fingerprint density at radius 3 is 2.30 bits per heavy atom. The lowest BCUT2D eigenvalue weighted by Crippen LogP contribution is -2.39. The molecule has 112 valence electrons. The molecule has 2 rings (SSSR count). The van der Waals surface area contributed by atoms with Gasteiger partial charge in [-0.2, -0.15) is 0 Å². The summed E-state index contributed by atoms with van der Waals surface area (Å²) in [7, 11) is 2.08. The summed E-state index contributed by atoms with van der Waals surface area (Å²) in [6, 6.07) is 11.9. The molecule has 0 amide bonds. The molecule has 0 aliphatic heterocycles. The van der Waals surface area contributed by atoms with Crippen LogP contribution in [0.1, 0.15) is 45.2 Å². The molecule has 2 unspecified atom stereocenters. The lowest BCUT2D eigenvalue weighted by Gasteiger charge is -2.33. The Morgan fingerprint density at radius 2 is 1.80 bits per heavy atom. The molecule has 2 heteroatoms. The van der Waals surface area contributed by atoms with Crippen LogP contribution in [-0.2, 0) is 0 Å². The Morgan fingerprint density at radius 1 is 1.15 bits per heavy atom. The van der Waals surface area contributed by atoms with Crippen molar-refractivity contribution in [1.82, 2.24) is 10.2 Å². The van der Waals surface area contributed by atoms with E-state index in [9.17, 15) is 0 Å². The molecule has 1 aromatic carbocycles. The first-order valence-corrected chi connectivity index (χ1v) is 8.08. The molecule has 0 bridgehead atoms. The van der Waals surface area contributed by atoms with Gasteiger partial charge in [-0.05, 0) is 51.1 Å². The molecule has 20 heavy (non-hydrogen) atoms. The van der Waals surface area contributed by atoms with Crippen LogP contribution >= 0.6 is 0 Å². The van der Waals surface area contributed by atoms with E-state index in [0.717, 1.165) is 5.92 Å². The average Bonchev–Trinajstić information content (AvgIpc) is 3.24. The first kappa shape index (κ1) is 15.5. The normalized spacial score (nSPS) is 18.5. The van der Waals surface area contributed by atoms with Crippen molar-refractivity contribution >= 4 is 0 Å². The highest BCUT2D eigenvalue weighted by molar-refractivity contribution is 5.19. The third kappa shape index (κ3) is 4.32. The van der Waals surface area contributed by atoms with Crippen LogP contribution in [0.4, 0.5) is 0 Å². The second-order valence-electron chi connectivity index (χ2n) is 6.65. The zero-order valence-electron chi connectivity index (χ0n) is 13.5. The first-order chi connectivity index (χ1) is 9.61. The Labute approximate surface area is 124 Å². The summed E-state index contributed by atoms with van der Waals surface area (Å²) in [6.45, 7) is 9.48. The fourth-order valence-electron chi connectivity index (χ4n) is 3.04. The smallest absolute Gasteiger partial charge is 0.0355 e. The predicted octanol–water partition coefficient (Wildman–Crippen LogP) is 3.70.